The van der Waals surface area contributed by atoms with Crippen molar-refractivity contribution in [2.75, 3.05) is 40.4 Å². The smallest absolute Gasteiger partial charge is 0.241 e. The summed E-state index contributed by atoms with van der Waals surface area (Å²) in [7, 11) is 3.31. The predicted octanol–water partition coefficient (Wildman–Crippen LogP) is 4.30. The summed E-state index contributed by atoms with van der Waals surface area (Å²) in [4.78, 5) is 22.8. The van der Waals surface area contributed by atoms with Crippen LogP contribution in [0.15, 0.2) is 53.1 Å². The van der Waals surface area contributed by atoms with E-state index in [4.69, 9.17) is 14.0 Å². The van der Waals surface area contributed by atoms with Crippen molar-refractivity contribution in [3.05, 3.63) is 60.0 Å². The molecule has 8 nitrogen and oxygen atoms in total. The number of benzene rings is 2. The Kier molecular flexibility index (Phi) is 7.23. The van der Waals surface area contributed by atoms with Crippen molar-refractivity contribution in [2.45, 2.75) is 44.1 Å². The number of carbonyl (C=O) groups is 1. The zero-order chi connectivity index (χ0) is 25.0. The number of piperazine rings is 1. The van der Waals surface area contributed by atoms with Gasteiger partial charge < -0.3 is 18.9 Å². The molecule has 5 rings (SSSR count). The summed E-state index contributed by atoms with van der Waals surface area (Å²) in [6.45, 7) is 3.55. The van der Waals surface area contributed by atoms with Crippen molar-refractivity contribution in [3.63, 3.8) is 0 Å². The molecule has 36 heavy (non-hydrogen) atoms. The number of hydrogen-bond donors (Lipinski definition) is 0. The summed E-state index contributed by atoms with van der Waals surface area (Å²) in [5, 5.41) is 4.14. The normalized spacial score (nSPS) is 18.1. The number of aromatic nitrogens is 2. The lowest BCUT2D eigenvalue weighted by atomic mass is 9.68. The zero-order valence-electron chi connectivity index (χ0n) is 21.1. The van der Waals surface area contributed by atoms with Gasteiger partial charge in [-0.25, -0.2) is 0 Å². The number of hydrogen-bond acceptors (Lipinski definition) is 7. The van der Waals surface area contributed by atoms with Crippen molar-refractivity contribution in [1.82, 2.24) is 19.9 Å². The highest BCUT2D eigenvalue weighted by atomic mass is 16.5. The van der Waals surface area contributed by atoms with E-state index in [1.165, 1.54) is 6.42 Å². The number of methoxy groups -OCH3 is 2. The van der Waals surface area contributed by atoms with Gasteiger partial charge in [0.25, 0.3) is 0 Å². The topological polar surface area (TPSA) is 80.9 Å². The molecule has 2 aliphatic rings. The molecule has 0 spiro atoms. The highest BCUT2D eigenvalue weighted by molar-refractivity contribution is 5.88. The quantitative estimate of drug-likeness (QED) is 0.488. The summed E-state index contributed by atoms with van der Waals surface area (Å²) in [6, 6.07) is 15.7. The Morgan fingerprint density at radius 1 is 0.889 bits per heavy atom. The van der Waals surface area contributed by atoms with Gasteiger partial charge in [0.05, 0.1) is 26.2 Å². The standard InChI is InChI=1S/C28H34N4O4/c1-34-23-10-6-21(7-11-23)26-29-25(36-30-26)20-31-16-18-32(19-17-31)27(33)28(14-4-3-5-15-28)22-8-12-24(35-2)13-9-22/h6-13H,3-5,14-20H2,1-2H3. The second kappa shape index (κ2) is 10.7. The van der Waals surface area contributed by atoms with Gasteiger partial charge in [-0.15, -0.1) is 0 Å². The fourth-order valence-electron chi connectivity index (χ4n) is 5.47. The molecule has 0 atom stereocenters. The van der Waals surface area contributed by atoms with Crippen molar-refractivity contribution in [1.29, 1.82) is 0 Å². The van der Waals surface area contributed by atoms with Crippen molar-refractivity contribution in [2.24, 2.45) is 0 Å². The van der Waals surface area contributed by atoms with Gasteiger partial charge >= 0.3 is 0 Å². The third-order valence-electron chi connectivity index (χ3n) is 7.59. The minimum Gasteiger partial charge on any atom is -0.497 e. The van der Waals surface area contributed by atoms with Gasteiger partial charge in [-0.05, 0) is 54.8 Å². The van der Waals surface area contributed by atoms with Crippen LogP contribution in [0.5, 0.6) is 11.5 Å². The van der Waals surface area contributed by atoms with Crippen LogP contribution in [0.25, 0.3) is 11.4 Å². The number of carbonyl (C=O) groups excluding carboxylic acids is 1. The van der Waals surface area contributed by atoms with E-state index in [0.717, 1.165) is 61.4 Å². The second-order valence-electron chi connectivity index (χ2n) is 9.68. The number of amides is 1. The van der Waals surface area contributed by atoms with E-state index < -0.39 is 5.41 Å². The molecule has 1 aliphatic heterocycles. The van der Waals surface area contributed by atoms with Crippen LogP contribution >= 0.6 is 0 Å². The molecule has 8 heteroatoms. The average Bonchev–Trinajstić information content (AvgIpc) is 3.42. The lowest BCUT2D eigenvalue weighted by molar-refractivity contribution is -0.140. The maximum atomic E-state index is 13.9. The average molecular weight is 491 g/mol. The fourth-order valence-corrected chi connectivity index (χ4v) is 5.47. The fraction of sp³-hybridized carbons (Fsp3) is 0.464. The van der Waals surface area contributed by atoms with Crippen LogP contribution < -0.4 is 9.47 Å². The van der Waals surface area contributed by atoms with Crippen LogP contribution in [-0.4, -0.2) is 66.2 Å². The Hall–Kier alpha value is -3.39. The van der Waals surface area contributed by atoms with E-state index in [-0.39, 0.29) is 5.91 Å². The Morgan fingerprint density at radius 2 is 1.50 bits per heavy atom. The highest BCUT2D eigenvalue weighted by Gasteiger charge is 2.44. The Labute approximate surface area is 212 Å². The third kappa shape index (κ3) is 4.95. The summed E-state index contributed by atoms with van der Waals surface area (Å²) in [5.41, 5.74) is 1.58. The Balaban J connectivity index is 1.22. The second-order valence-corrected chi connectivity index (χ2v) is 9.68. The van der Waals surface area contributed by atoms with E-state index in [2.05, 4.69) is 32.1 Å². The van der Waals surface area contributed by atoms with Crippen LogP contribution in [0.4, 0.5) is 0 Å². The SMILES string of the molecule is COc1ccc(-c2noc(CN3CCN(C(=O)C4(c5ccc(OC)cc5)CCCCC4)CC3)n2)cc1. The van der Waals surface area contributed by atoms with Crippen molar-refractivity contribution < 1.29 is 18.8 Å². The van der Waals surface area contributed by atoms with Crippen LogP contribution in [-0.2, 0) is 16.8 Å². The first-order valence-electron chi connectivity index (χ1n) is 12.7. The maximum absolute atomic E-state index is 13.9. The molecule has 2 heterocycles. The number of rotatable bonds is 7. The molecule has 1 saturated carbocycles. The zero-order valence-corrected chi connectivity index (χ0v) is 21.1. The van der Waals surface area contributed by atoms with Crippen molar-refractivity contribution >= 4 is 5.91 Å². The molecule has 190 valence electrons. The molecule has 0 N–H and O–H groups in total. The summed E-state index contributed by atoms with van der Waals surface area (Å²) in [6.07, 6.45) is 5.20. The van der Waals surface area contributed by atoms with E-state index in [9.17, 15) is 4.79 Å². The van der Waals surface area contributed by atoms with Gasteiger partial charge in [0.15, 0.2) is 0 Å². The van der Waals surface area contributed by atoms with E-state index in [0.29, 0.717) is 31.3 Å². The highest BCUT2D eigenvalue weighted by Crippen LogP contribution is 2.41. The largest absolute Gasteiger partial charge is 0.497 e. The van der Waals surface area contributed by atoms with Gasteiger partial charge in [0.2, 0.25) is 17.6 Å². The summed E-state index contributed by atoms with van der Waals surface area (Å²) in [5.74, 6) is 3.04. The molecule has 2 fully saturated rings. The van der Waals surface area contributed by atoms with Gasteiger partial charge in [-0.1, -0.05) is 36.6 Å². The van der Waals surface area contributed by atoms with Gasteiger partial charge in [-0.2, -0.15) is 4.98 Å². The molecule has 0 bridgehead atoms. The molecule has 2 aromatic carbocycles. The predicted molar refractivity (Wildman–Crippen MR) is 136 cm³/mol. The van der Waals surface area contributed by atoms with E-state index in [1.54, 1.807) is 14.2 Å². The minimum atomic E-state index is -0.424. The molecular formula is C28H34N4O4. The molecule has 0 radical (unpaired) electrons. The molecule has 1 amide bonds. The molecule has 1 saturated heterocycles. The van der Waals surface area contributed by atoms with Crippen LogP contribution in [0.2, 0.25) is 0 Å². The summed E-state index contributed by atoms with van der Waals surface area (Å²) < 4.78 is 16.1. The number of ether oxygens (including phenoxy) is 2. The Bertz CT molecular complexity index is 1150. The van der Waals surface area contributed by atoms with E-state index >= 15 is 0 Å². The first-order chi connectivity index (χ1) is 17.6. The molecule has 1 aliphatic carbocycles. The number of nitrogens with zero attached hydrogens (tertiary/aromatic N) is 4. The third-order valence-corrected chi connectivity index (χ3v) is 7.59. The Morgan fingerprint density at radius 3 is 2.11 bits per heavy atom. The lowest BCUT2D eigenvalue weighted by Crippen LogP contribution is -2.55. The maximum Gasteiger partial charge on any atom is 0.241 e. The monoisotopic (exact) mass is 490 g/mol. The first kappa shape index (κ1) is 24.3. The van der Waals surface area contributed by atoms with E-state index in [1.807, 2.05) is 36.4 Å². The first-order valence-corrected chi connectivity index (χ1v) is 12.7. The minimum absolute atomic E-state index is 0.270. The van der Waals surface area contributed by atoms with Crippen LogP contribution in [0, 0.1) is 0 Å². The molecule has 1 aromatic heterocycles. The van der Waals surface area contributed by atoms with Gasteiger partial charge in [0, 0.05) is 31.7 Å². The summed E-state index contributed by atoms with van der Waals surface area (Å²) >= 11 is 0. The lowest BCUT2D eigenvalue weighted by Gasteiger charge is -2.43. The van der Waals surface area contributed by atoms with Crippen molar-refractivity contribution in [3.8, 4) is 22.9 Å². The van der Waals surface area contributed by atoms with Crippen LogP contribution in [0.1, 0.15) is 43.6 Å². The molecule has 0 unspecified atom stereocenters. The van der Waals surface area contributed by atoms with Gasteiger partial charge in [0.1, 0.15) is 11.5 Å². The van der Waals surface area contributed by atoms with Gasteiger partial charge in [-0.3, -0.25) is 9.69 Å². The molecular weight excluding hydrogens is 456 g/mol. The molecule has 3 aromatic rings. The van der Waals surface area contributed by atoms with Crippen LogP contribution in [0.3, 0.4) is 0 Å².